The van der Waals surface area contributed by atoms with Gasteiger partial charge in [0.1, 0.15) is 31.0 Å². The van der Waals surface area contributed by atoms with E-state index >= 15 is 0 Å². The number of methoxy groups -OCH3 is 1. The molecule has 1 saturated heterocycles. The van der Waals surface area contributed by atoms with Gasteiger partial charge in [-0.1, -0.05) is 26.5 Å². The first-order valence-electron chi connectivity index (χ1n) is 18.8. The summed E-state index contributed by atoms with van der Waals surface area (Å²) in [4.78, 5) is 92.7. The summed E-state index contributed by atoms with van der Waals surface area (Å²) in [6, 6.07) is 0. The Hall–Kier alpha value is -4.31. The lowest BCUT2D eigenvalue weighted by molar-refractivity contribution is -0.357. The summed E-state index contributed by atoms with van der Waals surface area (Å²) in [5, 5.41) is 13.6. The zero-order valence-corrected chi connectivity index (χ0v) is 33.5. The second-order valence-corrected chi connectivity index (χ2v) is 17.1. The summed E-state index contributed by atoms with van der Waals surface area (Å²) in [6.07, 6.45) is -4.94. The van der Waals surface area contributed by atoms with Crippen LogP contribution in [0, 0.1) is 39.4 Å². The van der Waals surface area contributed by atoms with Crippen LogP contribution in [0.1, 0.15) is 81.6 Å². The number of aliphatic hydroxyl groups is 1. The molecule has 0 spiro atoms. The quantitative estimate of drug-likeness (QED) is 0.170. The van der Waals surface area contributed by atoms with Gasteiger partial charge in [0.05, 0.1) is 23.5 Å². The van der Waals surface area contributed by atoms with E-state index in [1.54, 1.807) is 26.8 Å². The van der Waals surface area contributed by atoms with E-state index < -0.39 is 136 Å². The predicted molar refractivity (Wildman–Crippen MR) is 188 cm³/mol. The van der Waals surface area contributed by atoms with Gasteiger partial charge in [0.25, 0.3) is 0 Å². The van der Waals surface area contributed by atoms with Gasteiger partial charge >= 0.3 is 41.8 Å². The number of epoxide rings is 1. The first-order valence-corrected chi connectivity index (χ1v) is 18.8. The Morgan fingerprint density at radius 1 is 0.875 bits per heavy atom. The maximum absolute atomic E-state index is 13.9. The average molecular weight is 789 g/mol. The van der Waals surface area contributed by atoms with Gasteiger partial charge in [-0.2, -0.15) is 0 Å². The molecule has 4 saturated carbocycles. The van der Waals surface area contributed by atoms with Crippen molar-refractivity contribution in [2.45, 2.75) is 129 Å². The molecule has 16 heteroatoms. The molecule has 1 N–H and O–H groups in total. The maximum Gasteiger partial charge on any atom is 0.342 e. The van der Waals surface area contributed by atoms with Crippen LogP contribution in [-0.4, -0.2) is 108 Å². The van der Waals surface area contributed by atoms with Crippen LogP contribution in [0.5, 0.6) is 0 Å². The van der Waals surface area contributed by atoms with E-state index in [9.17, 15) is 38.7 Å². The number of carbonyl (C=O) groups is 7. The minimum atomic E-state index is -2.01. The molecule has 15 atom stereocenters. The number of esters is 7. The van der Waals surface area contributed by atoms with Crippen LogP contribution in [-0.2, 0) is 71.5 Å². The average Bonchev–Trinajstić information content (AvgIpc) is 3.87. The number of allylic oxidation sites excluding steroid dienone is 1. The topological polar surface area (TPSA) is 217 Å². The minimum absolute atomic E-state index is 0.133. The van der Waals surface area contributed by atoms with Gasteiger partial charge < -0.3 is 43.0 Å². The molecule has 0 amide bonds. The summed E-state index contributed by atoms with van der Waals surface area (Å²) >= 11 is 0. The smallest absolute Gasteiger partial charge is 0.342 e. The van der Waals surface area contributed by atoms with Gasteiger partial charge in [-0.15, -0.1) is 0 Å². The number of ether oxygens (including phenoxy) is 8. The van der Waals surface area contributed by atoms with Crippen molar-refractivity contribution in [1.82, 2.24) is 0 Å². The van der Waals surface area contributed by atoms with Crippen molar-refractivity contribution in [3.8, 4) is 0 Å². The highest BCUT2D eigenvalue weighted by Crippen LogP contribution is 2.78. The van der Waals surface area contributed by atoms with Crippen LogP contribution >= 0.6 is 0 Å². The van der Waals surface area contributed by atoms with E-state index in [2.05, 4.69) is 6.58 Å². The molecule has 0 radical (unpaired) electrons. The highest BCUT2D eigenvalue weighted by molar-refractivity contribution is 5.87. The van der Waals surface area contributed by atoms with Crippen molar-refractivity contribution in [2.75, 3.05) is 13.7 Å². The molecule has 2 unspecified atom stereocenters. The molecule has 6 rings (SSSR count). The second-order valence-electron chi connectivity index (χ2n) is 17.1. The van der Waals surface area contributed by atoms with Crippen LogP contribution < -0.4 is 0 Å². The Labute approximate surface area is 324 Å². The first kappa shape index (κ1) is 41.3. The SMILES string of the molecule is C=C1C[C@@]2(O)C3CC[C@]4(C)[C@H]([C@H](OC(C)=O)[C@H](OC(C)=O)[C@@]5(C(C)OC(C)=O)COC(=O)C=C[C@@H]45)[C@@]3(C)[C@H](OC(C)=O)[C@H](OC(C)=O)[C@@]2(C)[C@]2(C(=O)OC)O[C@H]12. The van der Waals surface area contributed by atoms with E-state index in [0.29, 0.717) is 5.57 Å². The molecule has 308 valence electrons. The lowest BCUT2D eigenvalue weighted by Crippen LogP contribution is -2.84. The van der Waals surface area contributed by atoms with Crippen molar-refractivity contribution in [3.63, 3.8) is 0 Å². The van der Waals surface area contributed by atoms with Gasteiger partial charge in [0.2, 0.25) is 5.60 Å². The Morgan fingerprint density at radius 2 is 1.45 bits per heavy atom. The molecule has 56 heavy (non-hydrogen) atoms. The normalized spacial score (nSPS) is 44.9. The fourth-order valence-electron chi connectivity index (χ4n) is 12.6. The molecule has 16 nitrogen and oxygen atoms in total. The molecule has 0 bridgehead atoms. The molecule has 2 aliphatic heterocycles. The highest BCUT2D eigenvalue weighted by Gasteiger charge is 2.91. The summed E-state index contributed by atoms with van der Waals surface area (Å²) in [6.45, 7) is 16.4. The molecule has 0 aromatic heterocycles. The van der Waals surface area contributed by atoms with Gasteiger partial charge in [-0.25, -0.2) is 9.59 Å². The number of rotatable bonds is 7. The standard InChI is InChI=1S/C40H52O16/c1-18-16-39(48)26-14-15-35(8)25-12-13-27(46)50-17-38(25,19(2)51-20(3)41)31(53-22(5)43)28(52-21(4)42)29(35)36(26,9)32(54-23(6)44)33(55-24(7)45)37(39,10)40(30(18)56-40)34(47)49-11/h12-13,19,25-26,28-33,48H,1,14-17H2,2-11H3/t19?,25-,26?,28-,29-,30+,31-,32+,33-,35-,36-,37+,38+,39+,40-/m0/s1. The molecule has 4 aliphatic carbocycles. The van der Waals surface area contributed by atoms with Gasteiger partial charge in [0.15, 0.2) is 12.2 Å². The van der Waals surface area contributed by atoms with Crippen molar-refractivity contribution in [2.24, 2.45) is 39.4 Å². The van der Waals surface area contributed by atoms with Crippen LogP contribution in [0.3, 0.4) is 0 Å². The van der Waals surface area contributed by atoms with Crippen LogP contribution in [0.2, 0.25) is 0 Å². The Bertz CT molecular complexity index is 1800. The third kappa shape index (κ3) is 5.33. The predicted octanol–water partition coefficient (Wildman–Crippen LogP) is 2.45. The lowest BCUT2D eigenvalue weighted by Gasteiger charge is -2.74. The van der Waals surface area contributed by atoms with E-state index in [1.807, 2.05) is 6.92 Å². The highest BCUT2D eigenvalue weighted by atomic mass is 16.7. The monoisotopic (exact) mass is 788 g/mol. The number of hydrogen-bond acceptors (Lipinski definition) is 16. The number of fused-ring (bicyclic) bond motifs is 9. The number of carbonyl (C=O) groups excluding carboxylic acids is 7. The van der Waals surface area contributed by atoms with E-state index in [-0.39, 0.29) is 19.3 Å². The molecule has 0 aromatic carbocycles. The van der Waals surface area contributed by atoms with E-state index in [0.717, 1.165) is 21.0 Å². The van der Waals surface area contributed by atoms with Crippen LogP contribution in [0.15, 0.2) is 24.3 Å². The summed E-state index contributed by atoms with van der Waals surface area (Å²) in [5.74, 6) is -8.32. The minimum Gasteiger partial charge on any atom is -0.467 e. The third-order valence-corrected chi connectivity index (χ3v) is 14.4. The molecule has 0 aromatic rings. The summed E-state index contributed by atoms with van der Waals surface area (Å²) < 4.78 is 47.9. The fourth-order valence-corrected chi connectivity index (χ4v) is 12.6. The van der Waals surface area contributed by atoms with Gasteiger partial charge in [-0.3, -0.25) is 24.0 Å². The van der Waals surface area contributed by atoms with Crippen LogP contribution in [0.25, 0.3) is 0 Å². The van der Waals surface area contributed by atoms with Crippen molar-refractivity contribution < 1.29 is 76.6 Å². The maximum atomic E-state index is 13.9. The Kier molecular flexibility index (Phi) is 9.88. The summed E-state index contributed by atoms with van der Waals surface area (Å²) in [7, 11) is 1.16. The zero-order chi connectivity index (χ0) is 41.7. The summed E-state index contributed by atoms with van der Waals surface area (Å²) in [5.41, 5.74) is -9.66. The molecule has 6 aliphatic rings. The zero-order valence-electron chi connectivity index (χ0n) is 33.5. The molecular formula is C40H52O16. The van der Waals surface area contributed by atoms with Crippen molar-refractivity contribution >= 4 is 41.8 Å². The van der Waals surface area contributed by atoms with Gasteiger partial charge in [-0.05, 0) is 49.5 Å². The van der Waals surface area contributed by atoms with Crippen LogP contribution in [0.4, 0.5) is 0 Å². The largest absolute Gasteiger partial charge is 0.467 e. The Balaban J connectivity index is 1.72. The lowest BCUT2D eigenvalue weighted by atomic mass is 9.31. The van der Waals surface area contributed by atoms with Crippen molar-refractivity contribution in [3.05, 3.63) is 24.3 Å². The third-order valence-electron chi connectivity index (χ3n) is 14.4. The fraction of sp³-hybridized carbons (Fsp3) is 0.725. The van der Waals surface area contributed by atoms with E-state index in [4.69, 9.17) is 37.9 Å². The Morgan fingerprint density at radius 3 is 2.00 bits per heavy atom. The molecule has 2 heterocycles. The number of hydrogen-bond donors (Lipinski definition) is 1. The number of cyclic esters (lactones) is 1. The molecular weight excluding hydrogens is 736 g/mol. The van der Waals surface area contributed by atoms with Crippen molar-refractivity contribution in [1.29, 1.82) is 0 Å². The second kappa shape index (κ2) is 13.4. The van der Waals surface area contributed by atoms with E-state index in [1.165, 1.54) is 26.8 Å². The first-order chi connectivity index (χ1) is 25.9. The van der Waals surface area contributed by atoms with Gasteiger partial charge in [0, 0.05) is 58.4 Å². The molecule has 5 fully saturated rings.